The molecule has 12 heavy (non-hydrogen) atoms. The van der Waals surface area contributed by atoms with Crippen LogP contribution < -0.4 is 11.1 Å². The predicted molar refractivity (Wildman–Crippen MR) is 46.4 cm³/mol. The molecule has 0 bridgehead atoms. The van der Waals surface area contributed by atoms with Crippen LogP contribution in [-0.4, -0.2) is 18.3 Å². The van der Waals surface area contributed by atoms with Crippen molar-refractivity contribution < 1.29 is 42.8 Å². The minimum atomic E-state index is 0. The number of nitrogen functional groups attached to an aromatic ring is 1. The Morgan fingerprint density at radius 1 is 1.33 bits per heavy atom. The Morgan fingerprint density at radius 2 is 2.00 bits per heavy atom. The van der Waals surface area contributed by atoms with E-state index in [9.17, 15) is 0 Å². The van der Waals surface area contributed by atoms with Gasteiger partial charge in [-0.3, -0.25) is 0 Å². The van der Waals surface area contributed by atoms with E-state index < -0.39 is 0 Å². The minimum Gasteiger partial charge on any atom is -0.397 e. The second-order valence-electron chi connectivity index (χ2n) is 2.24. The summed E-state index contributed by atoms with van der Waals surface area (Å²) in [5.74, 6) is 0. The first-order chi connectivity index (χ1) is 5.34. The summed E-state index contributed by atoms with van der Waals surface area (Å²) in [5.41, 5.74) is 7.20. The van der Waals surface area contributed by atoms with Crippen LogP contribution in [0.2, 0.25) is 0 Å². The molecule has 0 unspecified atom stereocenters. The summed E-state index contributed by atoms with van der Waals surface area (Å²) in [6, 6.07) is 7.47. The van der Waals surface area contributed by atoms with Crippen molar-refractivity contribution in [3.8, 4) is 0 Å². The Morgan fingerprint density at radius 3 is 2.58 bits per heavy atom. The molecule has 0 atom stereocenters. The van der Waals surface area contributed by atoms with E-state index in [1.165, 1.54) is 0 Å². The first kappa shape index (κ1) is 12.0. The van der Waals surface area contributed by atoms with E-state index in [0.29, 0.717) is 12.2 Å². The van der Waals surface area contributed by atoms with Crippen LogP contribution in [0, 0.1) is 37.7 Å². The summed E-state index contributed by atoms with van der Waals surface area (Å²) in [5, 5.41) is 11.5. The van der Waals surface area contributed by atoms with Gasteiger partial charge in [0.25, 0.3) is 0 Å². The van der Waals surface area contributed by atoms with Gasteiger partial charge in [0.15, 0.2) is 0 Å². The Kier molecular flexibility index (Phi) is 6.57. The molecule has 4 N–H and O–H groups in total. The number of benzene rings is 1. The van der Waals surface area contributed by atoms with Crippen LogP contribution >= 0.6 is 0 Å². The maximum Gasteiger partial charge on any atom is 0.0604 e. The standard InChI is InChI=1S/C8H12N2O.Ar/c9-7-3-1-2-4-8(7)10-5-6-11;/h1-4,10-11H,5-6,9H2;. The average molecular weight is 192 g/mol. The van der Waals surface area contributed by atoms with Crippen molar-refractivity contribution in [2.45, 2.75) is 0 Å². The fourth-order valence-corrected chi connectivity index (χ4v) is 0.849. The molecule has 3 nitrogen and oxygen atoms in total. The second-order valence-corrected chi connectivity index (χ2v) is 2.24. The molecule has 4 heteroatoms. The smallest absolute Gasteiger partial charge is 0.0604 e. The SMILES string of the molecule is Nc1ccccc1NCCO.[Ar]. The van der Waals surface area contributed by atoms with Crippen molar-refractivity contribution in [3.05, 3.63) is 24.3 Å². The fourth-order valence-electron chi connectivity index (χ4n) is 0.849. The zero-order chi connectivity index (χ0) is 8.10. The molecule has 0 amide bonds. The van der Waals surface area contributed by atoms with Gasteiger partial charge < -0.3 is 16.2 Å². The average Bonchev–Trinajstić information content (AvgIpc) is 2.03. The molecular formula is C8H12ArN2O. The molecule has 0 aliphatic rings. The largest absolute Gasteiger partial charge is 0.397 e. The third-order valence-electron chi connectivity index (χ3n) is 1.39. The molecular weight excluding hydrogens is 180 g/mol. The van der Waals surface area contributed by atoms with Gasteiger partial charge in [-0.05, 0) is 12.1 Å². The number of aliphatic hydroxyl groups is 1. The molecule has 0 radical (unpaired) electrons. The monoisotopic (exact) mass is 192 g/mol. The molecule has 0 aromatic heterocycles. The fraction of sp³-hybridized carbons (Fsp3) is 0.250. The molecule has 1 aromatic rings. The minimum absolute atomic E-state index is 0. The van der Waals surface area contributed by atoms with E-state index in [-0.39, 0.29) is 44.3 Å². The van der Waals surface area contributed by atoms with Crippen LogP contribution in [0.15, 0.2) is 24.3 Å². The zero-order valence-electron chi connectivity index (χ0n) is 6.60. The number of hydrogen-bond acceptors (Lipinski definition) is 3. The number of rotatable bonds is 3. The van der Waals surface area contributed by atoms with Crippen molar-refractivity contribution in [2.24, 2.45) is 0 Å². The number of aliphatic hydroxyl groups excluding tert-OH is 1. The first-order valence-corrected chi connectivity index (χ1v) is 3.54. The van der Waals surface area contributed by atoms with Crippen molar-refractivity contribution in [2.75, 3.05) is 24.2 Å². The molecule has 0 heterocycles. The number of nitrogens with one attached hydrogen (secondary N) is 1. The number of anilines is 2. The molecule has 0 aliphatic heterocycles. The Balaban J connectivity index is 0.00000121. The van der Waals surface area contributed by atoms with Crippen LogP contribution in [0.25, 0.3) is 0 Å². The Labute approximate surface area is 102 Å². The van der Waals surface area contributed by atoms with Crippen molar-refractivity contribution >= 4 is 11.4 Å². The molecule has 0 spiro atoms. The summed E-state index contributed by atoms with van der Waals surface area (Å²) < 4.78 is 0. The van der Waals surface area contributed by atoms with Crippen LogP contribution in [0.1, 0.15) is 0 Å². The van der Waals surface area contributed by atoms with Gasteiger partial charge in [-0.25, -0.2) is 0 Å². The topological polar surface area (TPSA) is 58.3 Å². The molecule has 1 aromatic carbocycles. The molecule has 1 rings (SSSR count). The van der Waals surface area contributed by atoms with Gasteiger partial charge in [0.2, 0.25) is 0 Å². The van der Waals surface area contributed by atoms with Gasteiger partial charge in [-0.1, -0.05) is 12.1 Å². The van der Waals surface area contributed by atoms with E-state index in [4.69, 9.17) is 10.8 Å². The summed E-state index contributed by atoms with van der Waals surface area (Å²) >= 11 is 0. The van der Waals surface area contributed by atoms with Gasteiger partial charge in [-0.2, -0.15) is 0 Å². The van der Waals surface area contributed by atoms with Crippen LogP contribution in [0.4, 0.5) is 11.4 Å². The van der Waals surface area contributed by atoms with E-state index in [0.717, 1.165) is 5.69 Å². The normalized spacial score (nSPS) is 8.75. The third-order valence-corrected chi connectivity index (χ3v) is 1.39. The first-order valence-electron chi connectivity index (χ1n) is 3.54. The molecule has 0 saturated heterocycles. The number of hydrogen-bond donors (Lipinski definition) is 3. The molecule has 0 saturated carbocycles. The Bertz CT molecular complexity index is 230. The van der Waals surface area contributed by atoms with Crippen LogP contribution in [-0.2, 0) is 0 Å². The quantitative estimate of drug-likeness (QED) is 0.617. The molecule has 0 fully saturated rings. The van der Waals surface area contributed by atoms with Crippen molar-refractivity contribution in [3.63, 3.8) is 0 Å². The number of nitrogens with two attached hydrogens (primary N) is 1. The van der Waals surface area contributed by atoms with E-state index >= 15 is 0 Å². The predicted octanol–water partition coefficient (Wildman–Crippen LogP) is 0.673. The summed E-state index contributed by atoms with van der Waals surface area (Å²) in [6.45, 7) is 0.655. The number of para-hydroxylation sites is 2. The maximum absolute atomic E-state index is 8.52. The Hall–Kier alpha value is 0.0397. The van der Waals surface area contributed by atoms with E-state index in [1.807, 2.05) is 24.3 Å². The van der Waals surface area contributed by atoms with Crippen molar-refractivity contribution in [1.82, 2.24) is 0 Å². The molecule has 68 valence electrons. The van der Waals surface area contributed by atoms with Gasteiger partial charge >= 0.3 is 0 Å². The third kappa shape index (κ3) is 3.63. The van der Waals surface area contributed by atoms with Gasteiger partial charge in [-0.15, -0.1) is 0 Å². The van der Waals surface area contributed by atoms with E-state index in [2.05, 4.69) is 5.32 Å². The van der Waals surface area contributed by atoms with Crippen molar-refractivity contribution in [1.29, 1.82) is 0 Å². The van der Waals surface area contributed by atoms with E-state index in [1.54, 1.807) is 0 Å². The molecule has 0 aliphatic carbocycles. The maximum atomic E-state index is 8.52. The second kappa shape index (κ2) is 6.54. The van der Waals surface area contributed by atoms with Gasteiger partial charge in [0.1, 0.15) is 0 Å². The van der Waals surface area contributed by atoms with Gasteiger partial charge in [0, 0.05) is 44.3 Å². The summed E-state index contributed by atoms with van der Waals surface area (Å²) in [7, 11) is 0. The zero-order valence-corrected chi connectivity index (χ0v) is 7.31. The van der Waals surface area contributed by atoms with Gasteiger partial charge in [0.05, 0.1) is 18.0 Å². The van der Waals surface area contributed by atoms with Crippen LogP contribution in [0.3, 0.4) is 0 Å². The summed E-state index contributed by atoms with van der Waals surface area (Å²) in [4.78, 5) is 0. The van der Waals surface area contributed by atoms with Crippen LogP contribution in [0.5, 0.6) is 0 Å². The summed E-state index contributed by atoms with van der Waals surface area (Å²) in [6.07, 6.45) is 0.